The van der Waals surface area contributed by atoms with Crippen LogP contribution in [0.2, 0.25) is 0 Å². The molecule has 0 radical (unpaired) electrons. The number of pyridine rings is 1. The predicted molar refractivity (Wildman–Crippen MR) is 117 cm³/mol. The number of carbonyl (C=O) groups is 1. The summed E-state index contributed by atoms with van der Waals surface area (Å²) in [6.45, 7) is 5.91. The molecule has 2 fully saturated rings. The Bertz CT molecular complexity index is 907. The van der Waals surface area contributed by atoms with Crippen LogP contribution in [0.1, 0.15) is 19.3 Å². The fourth-order valence-corrected chi connectivity index (χ4v) is 4.66. The number of urea groups is 1. The number of fused-ring (bicyclic) bond motifs is 4. The Labute approximate surface area is 176 Å². The van der Waals surface area contributed by atoms with Gasteiger partial charge in [0, 0.05) is 38.9 Å². The Balaban J connectivity index is 1.47. The topological polar surface area (TPSA) is 80.7 Å². The van der Waals surface area contributed by atoms with Gasteiger partial charge in [-0.05, 0) is 51.1 Å². The number of anilines is 4. The van der Waals surface area contributed by atoms with Crippen molar-refractivity contribution in [2.24, 2.45) is 0 Å². The minimum absolute atomic E-state index is 0.117. The fraction of sp³-hybridized carbons (Fsp3) is 0.524. The van der Waals surface area contributed by atoms with Gasteiger partial charge in [-0.25, -0.2) is 19.7 Å². The molecule has 30 heavy (non-hydrogen) atoms. The van der Waals surface area contributed by atoms with Crippen LogP contribution in [0, 0.1) is 0 Å². The lowest BCUT2D eigenvalue weighted by Crippen LogP contribution is -2.56. The molecule has 2 saturated heterocycles. The summed E-state index contributed by atoms with van der Waals surface area (Å²) in [5.74, 6) is 2.21. The summed E-state index contributed by atoms with van der Waals surface area (Å²) in [7, 11) is 2.16. The molecule has 0 spiro atoms. The maximum absolute atomic E-state index is 13.3. The lowest BCUT2D eigenvalue weighted by molar-refractivity contribution is 0.252. The predicted octanol–water partition coefficient (Wildman–Crippen LogP) is 2.03. The van der Waals surface area contributed by atoms with Crippen LogP contribution in [0.5, 0.6) is 0 Å². The zero-order valence-corrected chi connectivity index (χ0v) is 17.4. The van der Waals surface area contributed by atoms with E-state index in [0.29, 0.717) is 5.82 Å². The lowest BCUT2D eigenvalue weighted by atomic mass is 10.00. The Morgan fingerprint density at radius 1 is 1.07 bits per heavy atom. The van der Waals surface area contributed by atoms with Crippen LogP contribution in [0.3, 0.4) is 0 Å². The summed E-state index contributed by atoms with van der Waals surface area (Å²) in [5, 5.41) is 2.93. The minimum atomic E-state index is -0.179. The van der Waals surface area contributed by atoms with E-state index < -0.39 is 0 Å². The standard InChI is InChI=1S/C21H28N8O/c1-26-9-3-11-27(13-12-26)19-6-5-17-20(25-19)29(16-4-2-10-28(17)14-16)21(30)24-18-7-8-22-15-23-18/h5-8,15-16H,2-4,9-14H2,1H3,(H,22,23,24,30)/t16-/m0/s1. The third-order valence-corrected chi connectivity index (χ3v) is 6.25. The number of likely N-dealkylation sites (N-methyl/N-ethyl adjacent to an activating group) is 1. The van der Waals surface area contributed by atoms with Gasteiger partial charge in [-0.3, -0.25) is 10.2 Å². The van der Waals surface area contributed by atoms with E-state index >= 15 is 0 Å². The lowest BCUT2D eigenvalue weighted by Gasteiger charge is -2.46. The monoisotopic (exact) mass is 408 g/mol. The number of aromatic nitrogens is 3. The van der Waals surface area contributed by atoms with E-state index in [2.05, 4.69) is 49.2 Å². The van der Waals surface area contributed by atoms with E-state index in [1.807, 2.05) is 4.90 Å². The largest absolute Gasteiger partial charge is 0.366 e. The summed E-state index contributed by atoms with van der Waals surface area (Å²) in [6.07, 6.45) is 6.23. The number of nitrogens with zero attached hydrogens (tertiary/aromatic N) is 7. The van der Waals surface area contributed by atoms with Crippen molar-refractivity contribution in [2.75, 3.05) is 66.3 Å². The van der Waals surface area contributed by atoms with Gasteiger partial charge in [-0.2, -0.15) is 0 Å². The van der Waals surface area contributed by atoms with Gasteiger partial charge in [-0.1, -0.05) is 0 Å². The molecule has 0 aliphatic carbocycles. The average Bonchev–Trinajstić information content (AvgIpc) is 2.99. The Morgan fingerprint density at radius 2 is 1.97 bits per heavy atom. The summed E-state index contributed by atoms with van der Waals surface area (Å²) >= 11 is 0. The van der Waals surface area contributed by atoms with Gasteiger partial charge in [0.2, 0.25) is 0 Å². The zero-order chi connectivity index (χ0) is 20.5. The number of carbonyl (C=O) groups excluding carboxylic acids is 1. The molecule has 1 N–H and O–H groups in total. The van der Waals surface area contributed by atoms with Crippen molar-refractivity contribution in [3.8, 4) is 0 Å². The number of amides is 2. The van der Waals surface area contributed by atoms with Crippen molar-refractivity contribution in [1.29, 1.82) is 0 Å². The number of piperidine rings is 1. The molecular weight excluding hydrogens is 380 g/mol. The molecule has 0 saturated carbocycles. The molecule has 3 aliphatic heterocycles. The smallest absolute Gasteiger partial charge is 0.329 e. The van der Waals surface area contributed by atoms with Crippen molar-refractivity contribution >= 4 is 29.2 Å². The average molecular weight is 409 g/mol. The first-order chi connectivity index (χ1) is 14.7. The van der Waals surface area contributed by atoms with Gasteiger partial charge in [0.15, 0.2) is 5.82 Å². The van der Waals surface area contributed by atoms with Crippen LogP contribution in [-0.4, -0.2) is 78.2 Å². The fourth-order valence-electron chi connectivity index (χ4n) is 4.66. The Hall–Kier alpha value is -2.94. The first-order valence-corrected chi connectivity index (χ1v) is 10.7. The second-order valence-corrected chi connectivity index (χ2v) is 8.29. The van der Waals surface area contributed by atoms with E-state index in [0.717, 1.165) is 75.9 Å². The molecule has 1 atom stereocenters. The minimum Gasteiger partial charge on any atom is -0.366 e. The molecule has 0 aromatic carbocycles. The van der Waals surface area contributed by atoms with Crippen LogP contribution < -0.4 is 20.0 Å². The Kier molecular flexibility index (Phi) is 5.12. The highest BCUT2D eigenvalue weighted by atomic mass is 16.2. The van der Waals surface area contributed by atoms with Crippen molar-refractivity contribution in [3.63, 3.8) is 0 Å². The summed E-state index contributed by atoms with van der Waals surface area (Å²) in [5.41, 5.74) is 1.04. The molecular formula is C21H28N8O. The first kappa shape index (κ1) is 19.0. The van der Waals surface area contributed by atoms with Crippen molar-refractivity contribution in [1.82, 2.24) is 19.9 Å². The van der Waals surface area contributed by atoms with E-state index in [1.165, 1.54) is 6.33 Å². The van der Waals surface area contributed by atoms with Crippen LogP contribution in [0.15, 0.2) is 30.7 Å². The normalized spacial score (nSPS) is 21.8. The second kappa shape index (κ2) is 8.06. The van der Waals surface area contributed by atoms with Crippen LogP contribution in [0.4, 0.5) is 27.9 Å². The van der Waals surface area contributed by atoms with Gasteiger partial charge >= 0.3 is 6.03 Å². The summed E-state index contributed by atoms with van der Waals surface area (Å²) in [6, 6.07) is 5.89. The van der Waals surface area contributed by atoms with Crippen LogP contribution in [-0.2, 0) is 0 Å². The molecule has 9 heteroatoms. The van der Waals surface area contributed by atoms with E-state index in [1.54, 1.807) is 12.3 Å². The van der Waals surface area contributed by atoms with Crippen molar-refractivity contribution in [3.05, 3.63) is 30.7 Å². The summed E-state index contributed by atoms with van der Waals surface area (Å²) < 4.78 is 0. The number of nitrogens with one attached hydrogen (secondary N) is 1. The SMILES string of the molecule is CN1CCCN(c2ccc3c(n2)N(C(=O)Nc2ccncn2)[C@H]2CCCN3C2)CC1. The maximum atomic E-state index is 13.3. The van der Waals surface area contributed by atoms with Crippen LogP contribution in [0.25, 0.3) is 0 Å². The molecule has 2 bridgehead atoms. The van der Waals surface area contributed by atoms with Gasteiger partial charge in [-0.15, -0.1) is 0 Å². The molecule has 0 unspecified atom stereocenters. The quantitative estimate of drug-likeness (QED) is 0.814. The van der Waals surface area contributed by atoms with Crippen LogP contribution >= 0.6 is 0 Å². The van der Waals surface area contributed by atoms with E-state index in [9.17, 15) is 4.79 Å². The van der Waals surface area contributed by atoms with Gasteiger partial charge < -0.3 is 14.7 Å². The molecule has 3 aliphatic rings. The Morgan fingerprint density at radius 3 is 2.83 bits per heavy atom. The van der Waals surface area contributed by atoms with Gasteiger partial charge in [0.05, 0.1) is 11.7 Å². The maximum Gasteiger partial charge on any atom is 0.329 e. The third-order valence-electron chi connectivity index (χ3n) is 6.25. The number of hydrogen-bond acceptors (Lipinski definition) is 7. The van der Waals surface area contributed by atoms with Gasteiger partial charge in [0.1, 0.15) is 18.0 Å². The third kappa shape index (κ3) is 3.65. The van der Waals surface area contributed by atoms with Crippen molar-refractivity contribution in [2.45, 2.75) is 25.3 Å². The second-order valence-electron chi connectivity index (χ2n) is 8.29. The molecule has 2 aromatic rings. The number of hydrogen-bond donors (Lipinski definition) is 1. The zero-order valence-electron chi connectivity index (χ0n) is 17.4. The van der Waals surface area contributed by atoms with E-state index in [4.69, 9.17) is 4.98 Å². The highest BCUT2D eigenvalue weighted by Crippen LogP contribution is 2.39. The molecule has 9 nitrogen and oxygen atoms in total. The highest BCUT2D eigenvalue weighted by molar-refractivity contribution is 6.04. The molecule has 2 aromatic heterocycles. The number of rotatable bonds is 2. The van der Waals surface area contributed by atoms with Gasteiger partial charge in [0.25, 0.3) is 0 Å². The highest BCUT2D eigenvalue weighted by Gasteiger charge is 2.38. The van der Waals surface area contributed by atoms with Crippen molar-refractivity contribution < 1.29 is 4.79 Å². The molecule has 5 rings (SSSR count). The first-order valence-electron chi connectivity index (χ1n) is 10.7. The molecule has 158 valence electrons. The molecule has 5 heterocycles. The summed E-state index contributed by atoms with van der Waals surface area (Å²) in [4.78, 5) is 35.3. The molecule has 2 amide bonds. The van der Waals surface area contributed by atoms with E-state index in [-0.39, 0.29) is 12.1 Å².